The number of carbonyl (C=O) groups is 1. The van der Waals surface area contributed by atoms with Crippen molar-refractivity contribution in [2.24, 2.45) is 5.73 Å². The molecule has 2 aliphatic rings. The van der Waals surface area contributed by atoms with Gasteiger partial charge in [0.1, 0.15) is 11.6 Å². The maximum Gasteiger partial charge on any atom is 0.252 e. The maximum absolute atomic E-state index is 11.7. The summed E-state index contributed by atoms with van der Waals surface area (Å²) in [4.78, 5) is 32.5. The first-order chi connectivity index (χ1) is 13.5. The van der Waals surface area contributed by atoms with Crippen molar-refractivity contribution in [1.29, 1.82) is 0 Å². The van der Waals surface area contributed by atoms with Crippen LogP contribution in [-0.2, 0) is 0 Å². The fourth-order valence-corrected chi connectivity index (χ4v) is 3.94. The summed E-state index contributed by atoms with van der Waals surface area (Å²) in [7, 11) is 0. The maximum atomic E-state index is 11.7. The van der Waals surface area contributed by atoms with Crippen LogP contribution in [0.3, 0.4) is 0 Å². The molecule has 2 fully saturated rings. The monoisotopic (exact) mass is 381 g/mol. The molecular weight excluding hydrogens is 354 g/mol. The minimum Gasteiger partial charge on any atom is -0.365 e. The molecule has 148 valence electrons. The molecule has 0 aliphatic carbocycles. The first-order valence-electron chi connectivity index (χ1n) is 9.89. The molecule has 0 aromatic carbocycles. The van der Waals surface area contributed by atoms with Crippen LogP contribution in [0.5, 0.6) is 0 Å². The summed E-state index contributed by atoms with van der Waals surface area (Å²) in [6, 6.07) is 3.48. The van der Waals surface area contributed by atoms with Crippen molar-refractivity contribution < 1.29 is 4.79 Å². The minimum absolute atomic E-state index is 0.442. The Balaban J connectivity index is 1.53. The van der Waals surface area contributed by atoms with Crippen LogP contribution in [0.15, 0.2) is 18.3 Å². The highest BCUT2D eigenvalue weighted by atomic mass is 16.1. The molecule has 28 heavy (non-hydrogen) atoms. The summed E-state index contributed by atoms with van der Waals surface area (Å²) >= 11 is 0. The van der Waals surface area contributed by atoms with Gasteiger partial charge in [-0.2, -0.15) is 4.98 Å². The molecule has 4 heterocycles. The lowest BCUT2D eigenvalue weighted by Crippen LogP contribution is -2.48. The zero-order valence-corrected chi connectivity index (χ0v) is 16.6. The summed E-state index contributed by atoms with van der Waals surface area (Å²) in [6.07, 6.45) is 4.11. The second kappa shape index (κ2) is 7.61. The van der Waals surface area contributed by atoms with Gasteiger partial charge in [0.05, 0.1) is 5.56 Å². The molecule has 1 amide bonds. The number of hydrogen-bond acceptors (Lipinski definition) is 7. The first kappa shape index (κ1) is 18.5. The number of primary amides is 1. The van der Waals surface area contributed by atoms with Gasteiger partial charge in [-0.25, -0.2) is 9.97 Å². The molecule has 2 aliphatic heterocycles. The van der Waals surface area contributed by atoms with E-state index in [2.05, 4.69) is 33.5 Å². The molecule has 0 spiro atoms. The molecule has 4 rings (SSSR count). The van der Waals surface area contributed by atoms with Crippen LogP contribution in [0.25, 0.3) is 0 Å². The summed E-state index contributed by atoms with van der Waals surface area (Å²) < 4.78 is 0. The van der Waals surface area contributed by atoms with Gasteiger partial charge in [-0.15, -0.1) is 0 Å². The molecule has 2 N–H and O–H groups in total. The minimum atomic E-state index is -0.442. The molecule has 0 unspecified atom stereocenters. The van der Waals surface area contributed by atoms with Crippen molar-refractivity contribution in [3.8, 4) is 0 Å². The van der Waals surface area contributed by atoms with Crippen molar-refractivity contribution in [2.75, 3.05) is 54.0 Å². The van der Waals surface area contributed by atoms with E-state index in [1.54, 1.807) is 18.3 Å². The smallest absolute Gasteiger partial charge is 0.252 e. The summed E-state index contributed by atoms with van der Waals surface area (Å²) in [5, 5.41) is 0. The standard InChI is InChI=1S/C20H27N7O/c1-14-15(2)23-20(27-8-3-4-9-27)24-18(14)25-10-12-26(13-11-25)19-16(17(21)28)6-5-7-22-19/h5-7H,3-4,8-13H2,1-2H3,(H2,21,28). The number of nitrogens with zero attached hydrogens (tertiary/aromatic N) is 6. The van der Waals surface area contributed by atoms with E-state index < -0.39 is 5.91 Å². The van der Waals surface area contributed by atoms with Gasteiger partial charge in [0.2, 0.25) is 5.95 Å². The van der Waals surface area contributed by atoms with E-state index in [1.807, 2.05) is 0 Å². The fourth-order valence-electron chi connectivity index (χ4n) is 3.94. The van der Waals surface area contributed by atoms with Crippen LogP contribution in [0.4, 0.5) is 17.6 Å². The van der Waals surface area contributed by atoms with E-state index in [1.165, 1.54) is 12.8 Å². The summed E-state index contributed by atoms with van der Waals surface area (Å²) in [5.74, 6) is 2.09. The predicted octanol–water partition coefficient (Wildman–Crippen LogP) is 1.51. The lowest BCUT2D eigenvalue weighted by atomic mass is 10.2. The number of rotatable bonds is 4. The van der Waals surface area contributed by atoms with Gasteiger partial charge >= 0.3 is 0 Å². The van der Waals surface area contributed by atoms with Crippen molar-refractivity contribution in [1.82, 2.24) is 15.0 Å². The lowest BCUT2D eigenvalue weighted by molar-refractivity contribution is 0.100. The highest BCUT2D eigenvalue weighted by Gasteiger charge is 2.25. The average molecular weight is 381 g/mol. The number of piperazine rings is 1. The molecule has 0 bridgehead atoms. The number of pyridine rings is 1. The molecule has 0 atom stereocenters. The van der Waals surface area contributed by atoms with Gasteiger partial charge in [0, 0.05) is 56.7 Å². The van der Waals surface area contributed by atoms with Gasteiger partial charge in [-0.05, 0) is 38.8 Å². The van der Waals surface area contributed by atoms with E-state index in [4.69, 9.17) is 15.7 Å². The molecule has 2 aromatic heterocycles. The molecule has 2 aromatic rings. The van der Waals surface area contributed by atoms with E-state index in [-0.39, 0.29) is 0 Å². The van der Waals surface area contributed by atoms with Crippen molar-refractivity contribution >= 4 is 23.5 Å². The lowest BCUT2D eigenvalue weighted by Gasteiger charge is -2.37. The Hall–Kier alpha value is -2.90. The van der Waals surface area contributed by atoms with Gasteiger partial charge in [-0.3, -0.25) is 4.79 Å². The van der Waals surface area contributed by atoms with Crippen LogP contribution >= 0.6 is 0 Å². The SMILES string of the molecule is Cc1nc(N2CCCC2)nc(N2CCN(c3ncccc3C(N)=O)CC2)c1C. The van der Waals surface area contributed by atoms with Crippen molar-refractivity contribution in [3.05, 3.63) is 35.2 Å². The van der Waals surface area contributed by atoms with Crippen LogP contribution in [0.1, 0.15) is 34.5 Å². The summed E-state index contributed by atoms with van der Waals surface area (Å²) in [5.41, 5.74) is 8.16. The van der Waals surface area contributed by atoms with E-state index in [0.29, 0.717) is 11.4 Å². The van der Waals surface area contributed by atoms with E-state index in [9.17, 15) is 4.79 Å². The fraction of sp³-hybridized carbons (Fsp3) is 0.500. The Morgan fingerprint density at radius 1 is 0.929 bits per heavy atom. The number of aryl methyl sites for hydroxylation is 1. The quantitative estimate of drug-likeness (QED) is 0.858. The highest BCUT2D eigenvalue weighted by Crippen LogP contribution is 2.27. The Bertz CT molecular complexity index is 871. The average Bonchev–Trinajstić information content (AvgIpc) is 3.25. The molecule has 2 saturated heterocycles. The zero-order chi connectivity index (χ0) is 19.7. The highest BCUT2D eigenvalue weighted by molar-refractivity contribution is 5.97. The van der Waals surface area contributed by atoms with Crippen LogP contribution < -0.4 is 20.4 Å². The van der Waals surface area contributed by atoms with Gasteiger partial charge < -0.3 is 20.4 Å². The van der Waals surface area contributed by atoms with Crippen LogP contribution in [0, 0.1) is 13.8 Å². The zero-order valence-electron chi connectivity index (χ0n) is 16.6. The number of anilines is 3. The van der Waals surface area contributed by atoms with Crippen LogP contribution in [-0.4, -0.2) is 60.1 Å². The first-order valence-corrected chi connectivity index (χ1v) is 9.89. The Labute approximate surface area is 165 Å². The number of aromatic nitrogens is 3. The molecule has 0 saturated carbocycles. The number of nitrogens with two attached hydrogens (primary N) is 1. The second-order valence-corrected chi connectivity index (χ2v) is 7.46. The van der Waals surface area contributed by atoms with Gasteiger partial charge in [0.25, 0.3) is 5.91 Å². The van der Waals surface area contributed by atoms with E-state index in [0.717, 1.165) is 62.3 Å². The molecular formula is C20H27N7O. The molecule has 8 nitrogen and oxygen atoms in total. The van der Waals surface area contributed by atoms with Gasteiger partial charge in [0.15, 0.2) is 0 Å². The van der Waals surface area contributed by atoms with Gasteiger partial charge in [-0.1, -0.05) is 0 Å². The number of carbonyl (C=O) groups excluding carboxylic acids is 1. The largest absolute Gasteiger partial charge is 0.365 e. The predicted molar refractivity (Wildman–Crippen MR) is 110 cm³/mol. The molecule has 8 heteroatoms. The van der Waals surface area contributed by atoms with Crippen molar-refractivity contribution in [2.45, 2.75) is 26.7 Å². The Morgan fingerprint density at radius 2 is 1.57 bits per heavy atom. The number of amides is 1. The Kier molecular flexibility index (Phi) is 5.02. The molecule has 0 radical (unpaired) electrons. The van der Waals surface area contributed by atoms with E-state index >= 15 is 0 Å². The number of hydrogen-bond donors (Lipinski definition) is 1. The topological polar surface area (TPSA) is 91.5 Å². The Morgan fingerprint density at radius 3 is 2.21 bits per heavy atom. The van der Waals surface area contributed by atoms with Crippen LogP contribution in [0.2, 0.25) is 0 Å². The third kappa shape index (κ3) is 3.46. The third-order valence-corrected chi connectivity index (χ3v) is 5.67. The third-order valence-electron chi connectivity index (χ3n) is 5.67. The summed E-state index contributed by atoms with van der Waals surface area (Å²) in [6.45, 7) is 9.36. The van der Waals surface area contributed by atoms with Crippen molar-refractivity contribution in [3.63, 3.8) is 0 Å². The normalized spacial score (nSPS) is 17.3. The second-order valence-electron chi connectivity index (χ2n) is 7.46.